The third kappa shape index (κ3) is 2.31. The lowest BCUT2D eigenvalue weighted by molar-refractivity contribution is -0.137. The van der Waals surface area contributed by atoms with Gasteiger partial charge in [0.05, 0.1) is 5.52 Å². The Hall–Kier alpha value is -1.81. The van der Waals surface area contributed by atoms with Crippen molar-refractivity contribution in [3.05, 3.63) is 36.0 Å². The second-order valence-corrected chi connectivity index (χ2v) is 4.25. The van der Waals surface area contributed by atoms with Gasteiger partial charge in [0.2, 0.25) is 0 Å². The summed E-state index contributed by atoms with van der Waals surface area (Å²) in [5, 5.41) is 9.81. The normalized spacial score (nSPS) is 12.8. The third-order valence-electron chi connectivity index (χ3n) is 3.00. The molecule has 4 heteroatoms. The summed E-state index contributed by atoms with van der Waals surface area (Å²) in [5.41, 5.74) is 8.16. The zero-order valence-corrected chi connectivity index (χ0v) is 9.76. The van der Waals surface area contributed by atoms with Gasteiger partial charge in [-0.3, -0.25) is 4.79 Å². The molecule has 0 saturated heterocycles. The fraction of sp³-hybridized carbons (Fsp3) is 0.308. The summed E-state index contributed by atoms with van der Waals surface area (Å²) in [6.45, 7) is 0. The maximum absolute atomic E-state index is 10.6. The Labute approximate surface area is 99.7 Å². The van der Waals surface area contributed by atoms with E-state index in [0.717, 1.165) is 16.5 Å². The lowest BCUT2D eigenvalue weighted by Crippen LogP contribution is -2.13. The smallest absolute Gasteiger partial charge is 0.303 e. The molecule has 90 valence electrons. The van der Waals surface area contributed by atoms with Crippen molar-refractivity contribution in [3.8, 4) is 0 Å². The first-order chi connectivity index (χ1) is 8.09. The monoisotopic (exact) mass is 232 g/mol. The minimum atomic E-state index is -0.806. The van der Waals surface area contributed by atoms with Crippen LogP contribution in [0.3, 0.4) is 0 Å². The third-order valence-corrected chi connectivity index (χ3v) is 3.00. The van der Waals surface area contributed by atoms with Crippen LogP contribution in [-0.4, -0.2) is 15.6 Å². The largest absolute Gasteiger partial charge is 0.481 e. The van der Waals surface area contributed by atoms with Crippen molar-refractivity contribution >= 4 is 16.9 Å². The molecule has 0 aliphatic heterocycles. The molecular weight excluding hydrogens is 216 g/mol. The van der Waals surface area contributed by atoms with Gasteiger partial charge in [-0.05, 0) is 23.4 Å². The van der Waals surface area contributed by atoms with Crippen LogP contribution in [-0.2, 0) is 11.8 Å². The molecule has 0 fully saturated rings. The first-order valence-corrected chi connectivity index (χ1v) is 5.61. The second kappa shape index (κ2) is 4.59. The van der Waals surface area contributed by atoms with Gasteiger partial charge >= 0.3 is 5.97 Å². The Morgan fingerprint density at radius 1 is 1.47 bits per heavy atom. The number of fused-ring (bicyclic) bond motifs is 1. The standard InChI is InChI=1S/C13H16N2O2/c1-15-8-7-9-3-2-4-10(13(9)15)11(14)5-6-12(16)17/h2-4,7-8,11H,5-6,14H2,1H3,(H,16,17). The number of nitrogens with two attached hydrogens (primary N) is 1. The summed E-state index contributed by atoms with van der Waals surface area (Å²) in [7, 11) is 1.97. The van der Waals surface area contributed by atoms with E-state index in [1.165, 1.54) is 0 Å². The van der Waals surface area contributed by atoms with Crippen LogP contribution in [0.15, 0.2) is 30.5 Å². The first kappa shape index (κ1) is 11.7. The van der Waals surface area contributed by atoms with E-state index < -0.39 is 5.97 Å². The van der Waals surface area contributed by atoms with Crippen LogP contribution in [0, 0.1) is 0 Å². The molecule has 1 atom stereocenters. The van der Waals surface area contributed by atoms with E-state index in [1.807, 2.05) is 42.1 Å². The first-order valence-electron chi connectivity index (χ1n) is 5.61. The molecule has 0 saturated carbocycles. The predicted molar refractivity (Wildman–Crippen MR) is 66.7 cm³/mol. The van der Waals surface area contributed by atoms with E-state index in [4.69, 9.17) is 10.8 Å². The van der Waals surface area contributed by atoms with Crippen LogP contribution >= 0.6 is 0 Å². The van der Waals surface area contributed by atoms with Crippen molar-refractivity contribution in [1.82, 2.24) is 4.57 Å². The molecule has 0 aliphatic rings. The molecular formula is C13H16N2O2. The van der Waals surface area contributed by atoms with Gasteiger partial charge in [-0.15, -0.1) is 0 Å². The minimum Gasteiger partial charge on any atom is -0.481 e. The Morgan fingerprint density at radius 2 is 2.24 bits per heavy atom. The number of carbonyl (C=O) groups is 1. The molecule has 0 amide bonds. The molecule has 1 unspecified atom stereocenters. The lowest BCUT2D eigenvalue weighted by Gasteiger charge is -2.13. The summed E-state index contributed by atoms with van der Waals surface area (Å²) in [6, 6.07) is 7.75. The van der Waals surface area contributed by atoms with Crippen molar-refractivity contribution in [2.24, 2.45) is 12.8 Å². The molecule has 2 aromatic rings. The minimum absolute atomic E-state index is 0.0992. The van der Waals surface area contributed by atoms with E-state index >= 15 is 0 Å². The quantitative estimate of drug-likeness (QED) is 0.847. The van der Waals surface area contributed by atoms with Gasteiger partial charge in [-0.2, -0.15) is 0 Å². The molecule has 1 heterocycles. The van der Waals surface area contributed by atoms with Crippen LogP contribution < -0.4 is 5.73 Å². The number of carboxylic acid groups (broad SMARTS) is 1. The highest BCUT2D eigenvalue weighted by atomic mass is 16.4. The van der Waals surface area contributed by atoms with Gasteiger partial charge in [0, 0.05) is 25.7 Å². The zero-order chi connectivity index (χ0) is 12.4. The van der Waals surface area contributed by atoms with Gasteiger partial charge in [0.1, 0.15) is 0 Å². The Kier molecular flexibility index (Phi) is 3.15. The molecule has 3 N–H and O–H groups in total. The number of carboxylic acids is 1. The van der Waals surface area contributed by atoms with E-state index in [2.05, 4.69) is 0 Å². The topological polar surface area (TPSA) is 68.2 Å². The fourth-order valence-corrected chi connectivity index (χ4v) is 2.12. The van der Waals surface area contributed by atoms with Gasteiger partial charge < -0.3 is 15.4 Å². The fourth-order valence-electron chi connectivity index (χ4n) is 2.12. The molecule has 4 nitrogen and oxygen atoms in total. The number of aryl methyl sites for hydroxylation is 1. The van der Waals surface area contributed by atoms with Crippen molar-refractivity contribution < 1.29 is 9.90 Å². The number of aromatic nitrogens is 1. The lowest BCUT2D eigenvalue weighted by atomic mass is 10.0. The SMILES string of the molecule is Cn1ccc2cccc(C(N)CCC(=O)O)c21. The molecule has 0 spiro atoms. The number of rotatable bonds is 4. The van der Waals surface area contributed by atoms with Gasteiger partial charge in [-0.1, -0.05) is 18.2 Å². The Balaban J connectivity index is 2.34. The second-order valence-electron chi connectivity index (χ2n) is 4.25. The number of nitrogens with zero attached hydrogens (tertiary/aromatic N) is 1. The number of benzene rings is 1. The van der Waals surface area contributed by atoms with Crippen LogP contribution in [0.5, 0.6) is 0 Å². The van der Waals surface area contributed by atoms with Gasteiger partial charge in [-0.25, -0.2) is 0 Å². The van der Waals surface area contributed by atoms with E-state index in [-0.39, 0.29) is 12.5 Å². The average molecular weight is 232 g/mol. The van der Waals surface area contributed by atoms with Crippen molar-refractivity contribution in [3.63, 3.8) is 0 Å². The molecule has 2 rings (SSSR count). The summed E-state index contributed by atoms with van der Waals surface area (Å²) in [5.74, 6) is -0.806. The molecule has 0 aliphatic carbocycles. The summed E-state index contributed by atoms with van der Waals surface area (Å²) < 4.78 is 2.02. The number of hydrogen-bond acceptors (Lipinski definition) is 2. The van der Waals surface area contributed by atoms with Gasteiger partial charge in [0.15, 0.2) is 0 Å². The number of aliphatic carboxylic acids is 1. The Bertz CT molecular complexity index is 545. The van der Waals surface area contributed by atoms with Crippen LogP contribution in [0.2, 0.25) is 0 Å². The highest BCUT2D eigenvalue weighted by Gasteiger charge is 2.13. The van der Waals surface area contributed by atoms with Crippen molar-refractivity contribution in [1.29, 1.82) is 0 Å². The highest BCUT2D eigenvalue weighted by molar-refractivity contribution is 5.83. The number of hydrogen-bond donors (Lipinski definition) is 2. The maximum Gasteiger partial charge on any atom is 0.303 e. The summed E-state index contributed by atoms with van der Waals surface area (Å²) in [4.78, 5) is 10.6. The average Bonchev–Trinajstić information content (AvgIpc) is 2.68. The van der Waals surface area contributed by atoms with Gasteiger partial charge in [0.25, 0.3) is 0 Å². The van der Waals surface area contributed by atoms with E-state index in [0.29, 0.717) is 6.42 Å². The molecule has 1 aromatic heterocycles. The van der Waals surface area contributed by atoms with E-state index in [1.54, 1.807) is 0 Å². The Morgan fingerprint density at radius 3 is 2.94 bits per heavy atom. The zero-order valence-electron chi connectivity index (χ0n) is 9.76. The number of para-hydroxylation sites is 1. The van der Waals surface area contributed by atoms with Crippen molar-refractivity contribution in [2.75, 3.05) is 0 Å². The molecule has 1 aromatic carbocycles. The molecule has 0 bridgehead atoms. The highest BCUT2D eigenvalue weighted by Crippen LogP contribution is 2.25. The van der Waals surface area contributed by atoms with E-state index in [9.17, 15) is 4.79 Å². The summed E-state index contributed by atoms with van der Waals surface area (Å²) >= 11 is 0. The maximum atomic E-state index is 10.6. The van der Waals surface area contributed by atoms with Crippen molar-refractivity contribution in [2.45, 2.75) is 18.9 Å². The predicted octanol–water partition coefficient (Wildman–Crippen LogP) is 2.04. The summed E-state index contributed by atoms with van der Waals surface area (Å²) in [6.07, 6.45) is 2.54. The van der Waals surface area contributed by atoms with Crippen LogP contribution in [0.4, 0.5) is 0 Å². The molecule has 17 heavy (non-hydrogen) atoms. The van der Waals surface area contributed by atoms with Crippen LogP contribution in [0.1, 0.15) is 24.4 Å². The molecule has 0 radical (unpaired) electrons. The van der Waals surface area contributed by atoms with Crippen LogP contribution in [0.25, 0.3) is 10.9 Å².